The van der Waals surface area contributed by atoms with E-state index in [0.717, 1.165) is 23.3 Å². The zero-order valence-corrected chi connectivity index (χ0v) is 17.5. The molecule has 0 unspecified atom stereocenters. The van der Waals surface area contributed by atoms with Crippen molar-refractivity contribution in [2.75, 3.05) is 5.32 Å². The van der Waals surface area contributed by atoms with Crippen LogP contribution in [0.5, 0.6) is 0 Å². The number of anilines is 2. The van der Waals surface area contributed by atoms with E-state index in [0.29, 0.717) is 33.7 Å². The molecule has 1 N–H and O–H groups in total. The van der Waals surface area contributed by atoms with E-state index in [9.17, 15) is 13.2 Å². The third kappa shape index (κ3) is 3.76. The van der Waals surface area contributed by atoms with E-state index in [4.69, 9.17) is 4.52 Å². The van der Waals surface area contributed by atoms with E-state index >= 15 is 0 Å². The molecule has 0 atom stereocenters. The minimum Gasteiger partial charge on any atom is -0.353 e. The molecule has 0 spiro atoms. The maximum Gasteiger partial charge on any atom is 0.416 e. The number of imidazole rings is 1. The summed E-state index contributed by atoms with van der Waals surface area (Å²) >= 11 is 0. The molecule has 5 rings (SSSR count). The Bertz CT molecular complexity index is 1570. The van der Waals surface area contributed by atoms with Gasteiger partial charge < -0.3 is 9.84 Å². The van der Waals surface area contributed by atoms with Crippen molar-refractivity contribution in [1.82, 2.24) is 19.8 Å². The Morgan fingerprint density at radius 2 is 1.91 bits per heavy atom. The molecular formula is C24H16F3N5O. The number of nitrogens with zero attached hydrogens (tertiary/aromatic N) is 4. The molecule has 0 saturated heterocycles. The Labute approximate surface area is 186 Å². The largest absolute Gasteiger partial charge is 0.416 e. The van der Waals surface area contributed by atoms with Crippen LogP contribution >= 0.6 is 0 Å². The van der Waals surface area contributed by atoms with E-state index in [1.54, 1.807) is 29.0 Å². The highest BCUT2D eigenvalue weighted by atomic mass is 19.4. The van der Waals surface area contributed by atoms with Gasteiger partial charge in [0.05, 0.1) is 22.7 Å². The zero-order chi connectivity index (χ0) is 23.2. The van der Waals surface area contributed by atoms with Gasteiger partial charge in [0, 0.05) is 11.9 Å². The van der Waals surface area contributed by atoms with Crippen LogP contribution in [0.3, 0.4) is 0 Å². The van der Waals surface area contributed by atoms with Crippen molar-refractivity contribution >= 4 is 28.1 Å². The van der Waals surface area contributed by atoms with Crippen molar-refractivity contribution < 1.29 is 17.7 Å². The molecule has 0 radical (unpaired) electrons. The van der Waals surface area contributed by atoms with Crippen LogP contribution in [-0.2, 0) is 6.18 Å². The Hall–Kier alpha value is -4.32. The van der Waals surface area contributed by atoms with E-state index in [1.807, 2.05) is 26.0 Å². The van der Waals surface area contributed by atoms with Gasteiger partial charge in [-0.3, -0.25) is 0 Å². The third-order valence-corrected chi connectivity index (χ3v) is 5.32. The number of benzene rings is 2. The van der Waals surface area contributed by atoms with Gasteiger partial charge in [0.15, 0.2) is 17.0 Å². The lowest BCUT2D eigenvalue weighted by Gasteiger charge is -2.10. The quantitative estimate of drug-likeness (QED) is 0.354. The van der Waals surface area contributed by atoms with Crippen LogP contribution in [-0.4, -0.2) is 19.8 Å². The second-order valence-electron chi connectivity index (χ2n) is 7.49. The van der Waals surface area contributed by atoms with Crippen molar-refractivity contribution in [1.29, 1.82) is 0 Å². The number of alkyl halides is 3. The van der Waals surface area contributed by atoms with E-state index in [1.165, 1.54) is 6.07 Å². The lowest BCUT2D eigenvalue weighted by atomic mass is 10.0. The van der Waals surface area contributed by atoms with Crippen molar-refractivity contribution in [3.05, 3.63) is 82.8 Å². The monoisotopic (exact) mass is 447 g/mol. The number of fused-ring (bicyclic) bond motifs is 2. The molecule has 9 heteroatoms. The van der Waals surface area contributed by atoms with E-state index < -0.39 is 11.7 Å². The van der Waals surface area contributed by atoms with E-state index in [2.05, 4.69) is 32.4 Å². The molecule has 3 aromatic heterocycles. The molecule has 2 aromatic carbocycles. The second-order valence-corrected chi connectivity index (χ2v) is 7.49. The summed E-state index contributed by atoms with van der Waals surface area (Å²) in [5, 5.41) is 11.9. The number of nitrogens with one attached hydrogen (secondary N) is 1. The molecule has 164 valence electrons. The van der Waals surface area contributed by atoms with Crippen LogP contribution in [0.1, 0.15) is 27.9 Å². The molecule has 0 aliphatic carbocycles. The fourth-order valence-corrected chi connectivity index (χ4v) is 3.54. The van der Waals surface area contributed by atoms with Crippen LogP contribution in [0, 0.1) is 25.7 Å². The van der Waals surface area contributed by atoms with Gasteiger partial charge in [-0.25, -0.2) is 9.50 Å². The third-order valence-electron chi connectivity index (χ3n) is 5.32. The molecule has 0 saturated carbocycles. The maximum atomic E-state index is 13.1. The molecule has 0 bridgehead atoms. The molecular weight excluding hydrogens is 431 g/mol. The van der Waals surface area contributed by atoms with Crippen molar-refractivity contribution in [3.63, 3.8) is 0 Å². The molecule has 0 aliphatic rings. The highest BCUT2D eigenvalue weighted by Gasteiger charge is 2.30. The Morgan fingerprint density at radius 3 is 2.73 bits per heavy atom. The number of hydrogen-bond donors (Lipinski definition) is 1. The minimum atomic E-state index is -4.44. The number of hydrogen-bond acceptors (Lipinski definition) is 5. The van der Waals surface area contributed by atoms with Gasteiger partial charge in [0.1, 0.15) is 5.69 Å². The van der Waals surface area contributed by atoms with Gasteiger partial charge in [-0.05, 0) is 67.3 Å². The average molecular weight is 447 g/mol. The first-order valence-electron chi connectivity index (χ1n) is 9.96. The average Bonchev–Trinajstić information content (AvgIpc) is 3.40. The molecule has 3 heterocycles. The van der Waals surface area contributed by atoms with Gasteiger partial charge >= 0.3 is 6.18 Å². The van der Waals surface area contributed by atoms with Crippen molar-refractivity contribution in [2.24, 2.45) is 0 Å². The molecule has 33 heavy (non-hydrogen) atoms. The summed E-state index contributed by atoms with van der Waals surface area (Å²) in [5.74, 6) is 6.48. The van der Waals surface area contributed by atoms with Gasteiger partial charge in [-0.2, -0.15) is 18.3 Å². The lowest BCUT2D eigenvalue weighted by Crippen LogP contribution is -2.05. The van der Waals surface area contributed by atoms with E-state index in [-0.39, 0.29) is 5.69 Å². The summed E-state index contributed by atoms with van der Waals surface area (Å²) in [5.41, 5.74) is 3.68. The van der Waals surface area contributed by atoms with Crippen molar-refractivity contribution in [2.45, 2.75) is 20.0 Å². The summed E-state index contributed by atoms with van der Waals surface area (Å²) in [7, 11) is 0. The first kappa shape index (κ1) is 20.6. The highest BCUT2D eigenvalue weighted by molar-refractivity contribution is 5.96. The topological polar surface area (TPSA) is 68.2 Å². The summed E-state index contributed by atoms with van der Waals surface area (Å²) in [6, 6.07) is 10.4. The Balaban J connectivity index is 1.57. The van der Waals surface area contributed by atoms with Crippen molar-refractivity contribution in [3.8, 4) is 11.8 Å². The predicted octanol–water partition coefficient (Wildman–Crippen LogP) is 5.65. The van der Waals surface area contributed by atoms with Crippen LogP contribution < -0.4 is 5.32 Å². The summed E-state index contributed by atoms with van der Waals surface area (Å²) < 4.78 is 46.4. The number of rotatable bonds is 2. The molecule has 0 amide bonds. The number of halogens is 3. The van der Waals surface area contributed by atoms with Crippen LogP contribution in [0.2, 0.25) is 0 Å². The maximum absolute atomic E-state index is 13.1. The molecule has 6 nitrogen and oxygen atoms in total. The fourth-order valence-electron chi connectivity index (χ4n) is 3.54. The number of aryl methyl sites for hydroxylation is 2. The van der Waals surface area contributed by atoms with Gasteiger partial charge in [-0.1, -0.05) is 17.1 Å². The zero-order valence-electron chi connectivity index (χ0n) is 17.5. The smallest absolute Gasteiger partial charge is 0.353 e. The summed E-state index contributed by atoms with van der Waals surface area (Å²) in [6.07, 6.45) is -1.16. The fraction of sp³-hybridized carbons (Fsp3) is 0.125. The first-order valence-corrected chi connectivity index (χ1v) is 9.96. The lowest BCUT2D eigenvalue weighted by molar-refractivity contribution is -0.137. The Kier molecular flexibility index (Phi) is 4.78. The normalized spacial score (nSPS) is 11.5. The highest BCUT2D eigenvalue weighted by Crippen LogP contribution is 2.35. The van der Waals surface area contributed by atoms with Crippen LogP contribution in [0.15, 0.2) is 59.4 Å². The van der Waals surface area contributed by atoms with Gasteiger partial charge in [0.2, 0.25) is 0 Å². The van der Waals surface area contributed by atoms with Gasteiger partial charge in [0.25, 0.3) is 0 Å². The minimum absolute atomic E-state index is 0.255. The molecule has 0 fully saturated rings. The second kappa shape index (κ2) is 7.67. The van der Waals surface area contributed by atoms with Crippen LogP contribution in [0.4, 0.5) is 24.7 Å². The van der Waals surface area contributed by atoms with Crippen LogP contribution in [0.25, 0.3) is 16.6 Å². The summed E-state index contributed by atoms with van der Waals surface area (Å²) in [4.78, 5) is 4.27. The van der Waals surface area contributed by atoms with Gasteiger partial charge in [-0.15, -0.1) is 0 Å². The molecule has 5 aromatic rings. The Morgan fingerprint density at radius 1 is 1.06 bits per heavy atom. The number of aromatic nitrogens is 4. The SMILES string of the molecule is Cc1cc(C#Cc2cnc3cccnn23)c2onc(Nc3cccc(C(F)(F)F)c3)c2c1C. The summed E-state index contributed by atoms with van der Waals surface area (Å²) in [6.45, 7) is 3.83. The standard InChI is InChI=1S/C24H16F3N5O/c1-14-11-16(8-9-19-13-28-20-7-4-10-29-32(19)20)22-21(15(14)2)23(31-33-22)30-18-6-3-5-17(12-18)24(25,26)27/h3-7,10-13H,1-2H3,(H,30,31). The first-order chi connectivity index (χ1) is 15.8. The molecule has 0 aliphatic heterocycles. The predicted molar refractivity (Wildman–Crippen MR) is 117 cm³/mol.